The standard InChI is InChI=1S/C13H17F11O5S/c14-9(10(15,16)11(17,18)12(19,20)21)28-7-3-1-5-27-6-2-4-8-29-30(25,26)13(22,23)24/h9H,1-8H2. The van der Waals surface area contributed by atoms with Gasteiger partial charge in [0.1, 0.15) is 0 Å². The van der Waals surface area contributed by atoms with Crippen LogP contribution < -0.4 is 0 Å². The lowest BCUT2D eigenvalue weighted by Gasteiger charge is -2.30. The average Bonchev–Trinajstić information content (AvgIpc) is 2.57. The molecule has 0 amide bonds. The van der Waals surface area contributed by atoms with Crippen LogP contribution >= 0.6 is 0 Å². The lowest BCUT2D eigenvalue weighted by molar-refractivity contribution is -0.386. The quantitative estimate of drug-likeness (QED) is 0.153. The number of hydrogen-bond donors (Lipinski definition) is 0. The highest BCUT2D eigenvalue weighted by molar-refractivity contribution is 7.87. The highest BCUT2D eigenvalue weighted by Crippen LogP contribution is 2.48. The maximum atomic E-state index is 13.0. The summed E-state index contributed by atoms with van der Waals surface area (Å²) in [7, 11) is -5.69. The summed E-state index contributed by atoms with van der Waals surface area (Å²) in [6.45, 7) is -1.86. The largest absolute Gasteiger partial charge is 0.523 e. The summed E-state index contributed by atoms with van der Waals surface area (Å²) >= 11 is 0. The molecule has 0 saturated heterocycles. The van der Waals surface area contributed by atoms with E-state index in [4.69, 9.17) is 4.74 Å². The monoisotopic (exact) mass is 494 g/mol. The van der Waals surface area contributed by atoms with Crippen molar-refractivity contribution in [3.05, 3.63) is 0 Å². The van der Waals surface area contributed by atoms with E-state index in [1.165, 1.54) is 0 Å². The summed E-state index contributed by atoms with van der Waals surface area (Å²) in [6.07, 6.45) is -11.2. The smallest absolute Gasteiger partial charge is 0.381 e. The summed E-state index contributed by atoms with van der Waals surface area (Å²) in [6, 6.07) is 0. The van der Waals surface area contributed by atoms with Gasteiger partial charge >= 0.3 is 33.6 Å². The Balaban J connectivity index is 3.92. The van der Waals surface area contributed by atoms with Crippen LogP contribution in [0.1, 0.15) is 25.7 Å². The molecule has 0 N–H and O–H groups in total. The zero-order valence-corrected chi connectivity index (χ0v) is 15.7. The minimum absolute atomic E-state index is 0.00704. The van der Waals surface area contributed by atoms with E-state index in [1.807, 2.05) is 0 Å². The Morgan fingerprint density at radius 1 is 0.700 bits per heavy atom. The van der Waals surface area contributed by atoms with Gasteiger partial charge in [-0.1, -0.05) is 0 Å². The van der Waals surface area contributed by atoms with E-state index in [0.29, 0.717) is 0 Å². The first kappa shape index (κ1) is 29.1. The van der Waals surface area contributed by atoms with E-state index in [1.54, 1.807) is 0 Å². The SMILES string of the molecule is O=S(=O)(OCCCCOCCCCOC(F)C(F)(F)C(F)(F)C(F)(F)F)C(F)(F)F. The van der Waals surface area contributed by atoms with Crippen molar-refractivity contribution in [2.75, 3.05) is 26.4 Å². The molecule has 0 aromatic rings. The summed E-state index contributed by atoms with van der Waals surface area (Å²) in [5.41, 5.74) is -5.54. The highest BCUT2D eigenvalue weighted by atomic mass is 32.2. The van der Waals surface area contributed by atoms with Crippen LogP contribution in [0.4, 0.5) is 48.3 Å². The molecule has 5 nitrogen and oxygen atoms in total. The molecule has 17 heteroatoms. The Hall–Kier alpha value is -0.940. The fraction of sp³-hybridized carbons (Fsp3) is 1.00. The molecule has 0 aromatic heterocycles. The van der Waals surface area contributed by atoms with Crippen molar-refractivity contribution in [2.45, 2.75) is 55.6 Å². The van der Waals surface area contributed by atoms with Gasteiger partial charge in [0.25, 0.3) is 6.36 Å². The first-order valence-corrected chi connectivity index (χ1v) is 9.40. The molecule has 0 bridgehead atoms. The van der Waals surface area contributed by atoms with E-state index in [2.05, 4.69) is 8.92 Å². The maximum absolute atomic E-state index is 13.0. The molecule has 0 spiro atoms. The second kappa shape index (κ2) is 11.1. The predicted molar refractivity (Wildman–Crippen MR) is 77.0 cm³/mol. The van der Waals surface area contributed by atoms with Crippen molar-refractivity contribution >= 4 is 10.1 Å². The fourth-order valence-corrected chi connectivity index (χ4v) is 2.04. The van der Waals surface area contributed by atoms with Crippen LogP contribution in [-0.4, -0.2) is 64.7 Å². The molecule has 0 heterocycles. The number of ether oxygens (including phenoxy) is 2. The minimum atomic E-state index is -6.68. The molecule has 0 aliphatic rings. The molecule has 0 radical (unpaired) electrons. The fourth-order valence-electron chi connectivity index (χ4n) is 1.57. The van der Waals surface area contributed by atoms with E-state index in [0.717, 1.165) is 0 Å². The second-order valence-corrected chi connectivity index (χ2v) is 7.24. The van der Waals surface area contributed by atoms with Crippen LogP contribution in [0.25, 0.3) is 0 Å². The zero-order chi connectivity index (χ0) is 23.9. The van der Waals surface area contributed by atoms with Crippen molar-refractivity contribution in [1.29, 1.82) is 0 Å². The van der Waals surface area contributed by atoms with E-state index < -0.39 is 53.2 Å². The molecule has 0 aromatic carbocycles. The van der Waals surface area contributed by atoms with Crippen LogP contribution in [0.5, 0.6) is 0 Å². The van der Waals surface area contributed by atoms with Crippen LogP contribution in [0.2, 0.25) is 0 Å². The van der Waals surface area contributed by atoms with E-state index in [-0.39, 0.29) is 38.9 Å². The van der Waals surface area contributed by atoms with Crippen LogP contribution in [0, 0.1) is 0 Å². The lowest BCUT2D eigenvalue weighted by Crippen LogP contribution is -2.57. The van der Waals surface area contributed by atoms with Crippen LogP contribution in [0.15, 0.2) is 0 Å². The molecule has 0 fully saturated rings. The van der Waals surface area contributed by atoms with Gasteiger partial charge in [-0.05, 0) is 25.7 Å². The Bertz CT molecular complexity index is 604. The summed E-state index contributed by atoms with van der Waals surface area (Å²) < 4.78 is 169. The molecule has 182 valence electrons. The molecule has 0 saturated carbocycles. The van der Waals surface area contributed by atoms with Gasteiger partial charge in [0, 0.05) is 13.2 Å². The van der Waals surface area contributed by atoms with Crippen molar-refractivity contribution in [2.24, 2.45) is 0 Å². The van der Waals surface area contributed by atoms with Gasteiger partial charge in [0.2, 0.25) is 0 Å². The Kier molecular flexibility index (Phi) is 10.7. The molecular weight excluding hydrogens is 477 g/mol. The van der Waals surface area contributed by atoms with Gasteiger partial charge in [-0.25, -0.2) is 4.39 Å². The van der Waals surface area contributed by atoms with Crippen molar-refractivity contribution in [1.82, 2.24) is 0 Å². The zero-order valence-electron chi connectivity index (χ0n) is 14.8. The van der Waals surface area contributed by atoms with Crippen LogP contribution in [-0.2, 0) is 23.8 Å². The highest BCUT2D eigenvalue weighted by Gasteiger charge is 2.76. The minimum Gasteiger partial charge on any atom is -0.381 e. The van der Waals surface area contributed by atoms with Crippen molar-refractivity contribution in [3.8, 4) is 0 Å². The normalized spacial score (nSPS) is 15.4. The average molecular weight is 494 g/mol. The molecule has 0 aliphatic carbocycles. The topological polar surface area (TPSA) is 61.8 Å². The first-order valence-electron chi connectivity index (χ1n) is 7.99. The van der Waals surface area contributed by atoms with Crippen molar-refractivity contribution in [3.63, 3.8) is 0 Å². The molecule has 30 heavy (non-hydrogen) atoms. The third kappa shape index (κ3) is 8.30. The number of halogens is 11. The predicted octanol–water partition coefficient (Wildman–Crippen LogP) is 4.57. The number of rotatable bonds is 14. The van der Waals surface area contributed by atoms with E-state index in [9.17, 15) is 56.7 Å². The van der Waals surface area contributed by atoms with Gasteiger partial charge in [-0.3, -0.25) is 4.18 Å². The van der Waals surface area contributed by atoms with Gasteiger partial charge in [0.15, 0.2) is 0 Å². The van der Waals surface area contributed by atoms with Gasteiger partial charge in [-0.15, -0.1) is 0 Å². The lowest BCUT2D eigenvalue weighted by atomic mass is 10.1. The molecular formula is C13H17F11O5S. The summed E-state index contributed by atoms with van der Waals surface area (Å²) in [5.74, 6) is -12.8. The number of unbranched alkanes of at least 4 members (excludes halogenated alkanes) is 2. The van der Waals surface area contributed by atoms with Crippen LogP contribution in [0.3, 0.4) is 0 Å². The summed E-state index contributed by atoms with van der Waals surface area (Å²) in [5, 5.41) is 0. The Morgan fingerprint density at radius 2 is 1.13 bits per heavy atom. The molecule has 1 atom stereocenters. The van der Waals surface area contributed by atoms with Gasteiger partial charge < -0.3 is 9.47 Å². The molecule has 0 rings (SSSR count). The Labute approximate surface area is 163 Å². The second-order valence-electron chi connectivity index (χ2n) is 5.63. The summed E-state index contributed by atoms with van der Waals surface area (Å²) in [4.78, 5) is 0. The van der Waals surface area contributed by atoms with Crippen molar-refractivity contribution < 1.29 is 70.4 Å². The van der Waals surface area contributed by atoms with Gasteiger partial charge in [0.05, 0.1) is 13.2 Å². The first-order chi connectivity index (χ1) is 13.4. The number of alkyl halides is 11. The maximum Gasteiger partial charge on any atom is 0.523 e. The molecule has 1 unspecified atom stereocenters. The van der Waals surface area contributed by atoms with Gasteiger partial charge in [-0.2, -0.15) is 52.3 Å². The molecule has 0 aliphatic heterocycles. The van der Waals surface area contributed by atoms with E-state index >= 15 is 0 Å². The third-order valence-corrected chi connectivity index (χ3v) is 4.26. The number of hydrogen-bond acceptors (Lipinski definition) is 5. The third-order valence-electron chi connectivity index (χ3n) is 3.21. The Morgan fingerprint density at radius 3 is 1.57 bits per heavy atom.